The van der Waals surface area contributed by atoms with Gasteiger partial charge in [0.15, 0.2) is 0 Å². The van der Waals surface area contributed by atoms with Crippen molar-refractivity contribution in [2.45, 2.75) is 18.2 Å². The minimum atomic E-state index is -0.654. The van der Waals surface area contributed by atoms with Crippen molar-refractivity contribution in [1.82, 2.24) is 0 Å². The lowest BCUT2D eigenvalue weighted by Gasteiger charge is -2.09. The quantitative estimate of drug-likeness (QED) is 0.358. The van der Waals surface area contributed by atoms with Gasteiger partial charge in [-0.2, -0.15) is 5.26 Å². The summed E-state index contributed by atoms with van der Waals surface area (Å²) in [6.45, 7) is 1.93. The molecule has 0 N–H and O–H groups in total. The second kappa shape index (κ2) is 6.85. The number of esters is 1. The Kier molecular flexibility index (Phi) is 5.45. The average Bonchev–Trinajstić information content (AvgIpc) is 2.39. The molecule has 7 heteroatoms. The maximum atomic E-state index is 11.5. The minimum absolute atomic E-state index is 0.126. The van der Waals surface area contributed by atoms with E-state index in [4.69, 9.17) is 10.00 Å². The van der Waals surface area contributed by atoms with Crippen molar-refractivity contribution < 1.29 is 14.5 Å². The van der Waals surface area contributed by atoms with E-state index in [9.17, 15) is 14.9 Å². The largest absolute Gasteiger partial charge is 0.465 e. The Hall–Kier alpha value is -1.94. The third-order valence-electron chi connectivity index (χ3n) is 2.35. The van der Waals surface area contributed by atoms with E-state index in [1.165, 1.54) is 18.2 Å². The van der Waals surface area contributed by atoms with Gasteiger partial charge in [-0.25, -0.2) is 0 Å². The van der Waals surface area contributed by atoms with Gasteiger partial charge < -0.3 is 4.74 Å². The molecule has 1 atom stereocenters. The number of hydrogen-bond donors (Lipinski definition) is 0. The summed E-state index contributed by atoms with van der Waals surface area (Å²) >= 11 is 3.14. The standard InChI is InChI=1S/C12H11BrN2O4/c1-2-19-12(16)10(13)6-9-4-3-8(7-14)5-11(9)15(17)18/h3-5,10H,2,6H2,1H3. The van der Waals surface area contributed by atoms with Gasteiger partial charge in [-0.1, -0.05) is 22.0 Å². The van der Waals surface area contributed by atoms with E-state index in [0.717, 1.165) is 0 Å². The van der Waals surface area contributed by atoms with Crippen molar-refractivity contribution in [1.29, 1.82) is 5.26 Å². The predicted molar refractivity (Wildman–Crippen MR) is 70.9 cm³/mol. The molecule has 0 spiro atoms. The van der Waals surface area contributed by atoms with E-state index < -0.39 is 15.7 Å². The summed E-state index contributed by atoms with van der Waals surface area (Å²) in [5.41, 5.74) is 0.407. The highest BCUT2D eigenvalue weighted by Crippen LogP contribution is 2.23. The molecule has 0 amide bonds. The molecule has 1 unspecified atom stereocenters. The maximum Gasteiger partial charge on any atom is 0.320 e. The van der Waals surface area contributed by atoms with Crippen LogP contribution in [0.25, 0.3) is 0 Å². The van der Waals surface area contributed by atoms with Crippen LogP contribution < -0.4 is 0 Å². The number of nitriles is 1. The molecule has 0 aliphatic rings. The number of alkyl halides is 1. The number of carbonyl (C=O) groups is 1. The highest BCUT2D eigenvalue weighted by molar-refractivity contribution is 9.10. The molecule has 0 aliphatic carbocycles. The molecule has 1 aromatic rings. The SMILES string of the molecule is CCOC(=O)C(Br)Cc1ccc(C#N)cc1[N+](=O)[O-]. The maximum absolute atomic E-state index is 11.5. The molecular weight excluding hydrogens is 316 g/mol. The topological polar surface area (TPSA) is 93.2 Å². The molecule has 1 aromatic carbocycles. The molecule has 0 fully saturated rings. The first-order chi connectivity index (χ1) is 8.99. The number of nitro groups is 1. The third-order valence-corrected chi connectivity index (χ3v) is 3.05. The van der Waals surface area contributed by atoms with Crippen LogP contribution in [0.15, 0.2) is 18.2 Å². The van der Waals surface area contributed by atoms with Crippen LogP contribution in [-0.4, -0.2) is 22.3 Å². The van der Waals surface area contributed by atoms with Crippen LogP contribution in [0.3, 0.4) is 0 Å². The number of nitro benzene ring substituents is 1. The van der Waals surface area contributed by atoms with E-state index >= 15 is 0 Å². The Morgan fingerprint density at radius 3 is 2.84 bits per heavy atom. The summed E-state index contributed by atoms with van der Waals surface area (Å²) < 4.78 is 4.81. The van der Waals surface area contributed by atoms with Gasteiger partial charge >= 0.3 is 5.97 Å². The Balaban J connectivity index is 2.98. The van der Waals surface area contributed by atoms with Gasteiger partial charge in [0.1, 0.15) is 4.83 Å². The highest BCUT2D eigenvalue weighted by atomic mass is 79.9. The lowest BCUT2D eigenvalue weighted by atomic mass is 10.1. The third kappa shape index (κ3) is 4.03. The molecule has 6 nitrogen and oxygen atoms in total. The van der Waals surface area contributed by atoms with Crippen LogP contribution in [0.2, 0.25) is 0 Å². The number of hydrogen-bond acceptors (Lipinski definition) is 5. The first kappa shape index (κ1) is 15.1. The van der Waals surface area contributed by atoms with E-state index in [2.05, 4.69) is 15.9 Å². The second-order valence-electron chi connectivity index (χ2n) is 3.64. The predicted octanol–water partition coefficient (Wildman–Crippen LogP) is 2.34. The van der Waals surface area contributed by atoms with Gasteiger partial charge in [0.05, 0.1) is 23.2 Å². The zero-order valence-corrected chi connectivity index (χ0v) is 11.7. The van der Waals surface area contributed by atoms with Crippen LogP contribution in [0.5, 0.6) is 0 Å². The number of halogens is 1. The summed E-state index contributed by atoms with van der Waals surface area (Å²) in [5, 5.41) is 19.7. The fourth-order valence-electron chi connectivity index (χ4n) is 1.49. The zero-order chi connectivity index (χ0) is 14.4. The zero-order valence-electron chi connectivity index (χ0n) is 10.1. The fraction of sp³-hybridized carbons (Fsp3) is 0.333. The van der Waals surface area contributed by atoms with Crippen LogP contribution in [0.1, 0.15) is 18.1 Å². The summed E-state index contributed by atoms with van der Waals surface area (Å²) in [6, 6.07) is 5.99. The fourth-order valence-corrected chi connectivity index (χ4v) is 1.97. The number of rotatable bonds is 5. The highest BCUT2D eigenvalue weighted by Gasteiger charge is 2.22. The van der Waals surface area contributed by atoms with Crippen molar-refractivity contribution in [3.05, 3.63) is 39.4 Å². The van der Waals surface area contributed by atoms with Crippen molar-refractivity contribution in [3.63, 3.8) is 0 Å². The molecule has 0 saturated carbocycles. The van der Waals surface area contributed by atoms with Gasteiger partial charge in [-0.15, -0.1) is 0 Å². The van der Waals surface area contributed by atoms with Crippen LogP contribution >= 0.6 is 15.9 Å². The van der Waals surface area contributed by atoms with E-state index in [1.54, 1.807) is 6.92 Å². The van der Waals surface area contributed by atoms with Crippen LogP contribution in [-0.2, 0) is 16.0 Å². The van der Waals surface area contributed by atoms with Gasteiger partial charge in [0.25, 0.3) is 5.69 Å². The molecule has 0 radical (unpaired) electrons. The van der Waals surface area contributed by atoms with E-state index in [-0.39, 0.29) is 24.3 Å². The lowest BCUT2D eigenvalue weighted by Crippen LogP contribution is -2.20. The number of carbonyl (C=O) groups excluding carboxylic acids is 1. The van der Waals surface area contributed by atoms with Crippen LogP contribution in [0.4, 0.5) is 5.69 Å². The summed E-state index contributed by atoms with van der Waals surface area (Å²) in [5.74, 6) is -0.471. The van der Waals surface area contributed by atoms with Gasteiger partial charge in [0, 0.05) is 18.1 Å². The molecule has 19 heavy (non-hydrogen) atoms. The molecule has 0 saturated heterocycles. The molecule has 0 aromatic heterocycles. The van der Waals surface area contributed by atoms with Gasteiger partial charge in [-0.05, 0) is 13.0 Å². The van der Waals surface area contributed by atoms with Gasteiger partial charge in [0.2, 0.25) is 0 Å². The van der Waals surface area contributed by atoms with Gasteiger partial charge in [-0.3, -0.25) is 14.9 Å². The number of nitrogens with zero attached hydrogens (tertiary/aromatic N) is 2. The van der Waals surface area contributed by atoms with Crippen molar-refractivity contribution in [2.24, 2.45) is 0 Å². The van der Waals surface area contributed by atoms with Crippen molar-refractivity contribution >= 4 is 27.6 Å². The Bertz CT molecular complexity index is 539. The normalized spacial score (nSPS) is 11.4. The summed E-state index contributed by atoms with van der Waals surface area (Å²) in [6.07, 6.45) is 0.126. The Morgan fingerprint density at radius 2 is 2.32 bits per heavy atom. The average molecular weight is 327 g/mol. The molecule has 1 rings (SSSR count). The van der Waals surface area contributed by atoms with Crippen molar-refractivity contribution in [3.8, 4) is 6.07 Å². The smallest absolute Gasteiger partial charge is 0.320 e. The first-order valence-corrected chi connectivity index (χ1v) is 6.39. The van der Waals surface area contributed by atoms with E-state index in [1.807, 2.05) is 6.07 Å². The number of ether oxygens (including phenoxy) is 1. The Labute approximate surface area is 118 Å². The monoisotopic (exact) mass is 326 g/mol. The number of benzene rings is 1. The lowest BCUT2D eigenvalue weighted by molar-refractivity contribution is -0.385. The molecule has 0 heterocycles. The summed E-state index contributed by atoms with van der Waals surface area (Å²) in [4.78, 5) is 21.2. The van der Waals surface area contributed by atoms with Crippen molar-refractivity contribution in [2.75, 3.05) is 6.61 Å². The molecule has 100 valence electrons. The van der Waals surface area contributed by atoms with E-state index in [0.29, 0.717) is 5.56 Å². The minimum Gasteiger partial charge on any atom is -0.465 e. The molecule has 0 aliphatic heterocycles. The van der Waals surface area contributed by atoms with Crippen LogP contribution in [0, 0.1) is 21.4 Å². The molecular formula is C12H11BrN2O4. The second-order valence-corrected chi connectivity index (χ2v) is 4.74. The molecule has 0 bridgehead atoms. The Morgan fingerprint density at radius 1 is 1.63 bits per heavy atom. The summed E-state index contributed by atoms with van der Waals surface area (Å²) in [7, 11) is 0. The first-order valence-electron chi connectivity index (χ1n) is 5.47.